The van der Waals surface area contributed by atoms with E-state index < -0.39 is 0 Å². The van der Waals surface area contributed by atoms with Crippen LogP contribution in [0.25, 0.3) is 0 Å². The summed E-state index contributed by atoms with van der Waals surface area (Å²) in [6.07, 6.45) is 6.95. The molecule has 2 amide bonds. The van der Waals surface area contributed by atoms with Crippen molar-refractivity contribution in [3.63, 3.8) is 0 Å². The number of nitrogens with one attached hydrogen (secondary N) is 1. The summed E-state index contributed by atoms with van der Waals surface area (Å²) in [5.74, 6) is 1.83. The molecule has 28 heavy (non-hydrogen) atoms. The Hall–Kier alpha value is -2.76. The Morgan fingerprint density at radius 1 is 1.14 bits per heavy atom. The van der Waals surface area contributed by atoms with E-state index in [0.717, 1.165) is 35.8 Å². The number of urea groups is 1. The molecule has 1 aliphatic heterocycles. The third kappa shape index (κ3) is 5.62. The Bertz CT molecular complexity index is 755. The van der Waals surface area contributed by atoms with Crippen LogP contribution in [0.15, 0.2) is 42.6 Å². The molecule has 3 rings (SSSR count). The highest BCUT2D eigenvalue weighted by molar-refractivity contribution is 5.73. The maximum Gasteiger partial charge on any atom is 0.317 e. The largest absolute Gasteiger partial charge is 0.497 e. The van der Waals surface area contributed by atoms with Gasteiger partial charge < -0.3 is 19.9 Å². The average molecular weight is 383 g/mol. The Labute approximate surface area is 167 Å². The lowest BCUT2D eigenvalue weighted by Gasteiger charge is -2.21. The number of carbonyl (C=O) groups excluding carboxylic acids is 1. The number of anilines is 1. The van der Waals surface area contributed by atoms with Crippen LogP contribution >= 0.6 is 0 Å². The lowest BCUT2D eigenvalue weighted by molar-refractivity contribution is 0.206. The summed E-state index contributed by atoms with van der Waals surface area (Å²) in [5.41, 5.74) is 2.03. The van der Waals surface area contributed by atoms with Gasteiger partial charge in [-0.05, 0) is 42.2 Å². The number of rotatable bonds is 6. The summed E-state index contributed by atoms with van der Waals surface area (Å²) in [6.45, 7) is 3.15. The molecule has 0 bridgehead atoms. The van der Waals surface area contributed by atoms with Crippen LogP contribution in [0.4, 0.5) is 10.6 Å². The van der Waals surface area contributed by atoms with Crippen molar-refractivity contribution < 1.29 is 9.53 Å². The minimum Gasteiger partial charge on any atom is -0.497 e. The fraction of sp³-hybridized carbons (Fsp3) is 0.455. The number of pyridine rings is 1. The van der Waals surface area contributed by atoms with Crippen LogP contribution < -0.4 is 15.0 Å². The first-order chi connectivity index (χ1) is 13.7. The zero-order chi connectivity index (χ0) is 19.8. The molecule has 0 spiro atoms. The molecule has 150 valence electrons. The van der Waals surface area contributed by atoms with E-state index in [2.05, 4.69) is 27.3 Å². The summed E-state index contributed by atoms with van der Waals surface area (Å²) >= 11 is 0. The number of hydrogen-bond donors (Lipinski definition) is 1. The second-order valence-electron chi connectivity index (χ2n) is 7.29. The van der Waals surface area contributed by atoms with E-state index in [-0.39, 0.29) is 6.03 Å². The normalized spacial score (nSPS) is 14.3. The van der Waals surface area contributed by atoms with E-state index >= 15 is 0 Å². The van der Waals surface area contributed by atoms with Gasteiger partial charge in [0.05, 0.1) is 7.11 Å². The fourth-order valence-electron chi connectivity index (χ4n) is 3.44. The molecule has 1 N–H and O–H groups in total. The van der Waals surface area contributed by atoms with E-state index in [0.29, 0.717) is 13.1 Å². The van der Waals surface area contributed by atoms with Gasteiger partial charge in [-0.15, -0.1) is 0 Å². The summed E-state index contributed by atoms with van der Waals surface area (Å²) in [6, 6.07) is 11.7. The number of nitrogens with zero attached hydrogens (tertiary/aromatic N) is 3. The van der Waals surface area contributed by atoms with Crippen LogP contribution in [0.3, 0.4) is 0 Å². The van der Waals surface area contributed by atoms with Gasteiger partial charge in [-0.1, -0.05) is 31.0 Å². The van der Waals surface area contributed by atoms with Crippen LogP contribution in [-0.4, -0.2) is 43.2 Å². The summed E-state index contributed by atoms with van der Waals surface area (Å²) in [5, 5.41) is 2.96. The predicted molar refractivity (Wildman–Crippen MR) is 112 cm³/mol. The van der Waals surface area contributed by atoms with Gasteiger partial charge in [-0.2, -0.15) is 0 Å². The molecular weight excluding hydrogens is 352 g/mol. The molecule has 1 aromatic carbocycles. The maximum atomic E-state index is 12.4. The molecule has 0 unspecified atom stereocenters. The van der Waals surface area contributed by atoms with E-state index in [9.17, 15) is 4.79 Å². The molecule has 1 saturated heterocycles. The van der Waals surface area contributed by atoms with Crippen molar-refractivity contribution in [2.45, 2.75) is 38.8 Å². The van der Waals surface area contributed by atoms with E-state index in [1.165, 1.54) is 25.7 Å². The highest BCUT2D eigenvalue weighted by Gasteiger charge is 2.12. The molecule has 1 aliphatic rings. The van der Waals surface area contributed by atoms with E-state index in [4.69, 9.17) is 4.74 Å². The molecular formula is C22H30N4O2. The van der Waals surface area contributed by atoms with Crippen LogP contribution in [0.1, 0.15) is 36.8 Å². The fourth-order valence-corrected chi connectivity index (χ4v) is 3.44. The van der Waals surface area contributed by atoms with E-state index in [1.807, 2.05) is 30.5 Å². The smallest absolute Gasteiger partial charge is 0.317 e. The van der Waals surface area contributed by atoms with Gasteiger partial charge in [-0.3, -0.25) is 0 Å². The van der Waals surface area contributed by atoms with Crippen LogP contribution in [0.2, 0.25) is 0 Å². The minimum absolute atomic E-state index is 0.112. The summed E-state index contributed by atoms with van der Waals surface area (Å²) in [7, 11) is 3.43. The van der Waals surface area contributed by atoms with Crippen LogP contribution in [-0.2, 0) is 13.1 Å². The number of benzene rings is 1. The second kappa shape index (κ2) is 9.97. The average Bonchev–Trinajstić information content (AvgIpc) is 3.02. The maximum absolute atomic E-state index is 12.4. The van der Waals surface area contributed by atoms with Gasteiger partial charge in [0, 0.05) is 39.4 Å². The molecule has 0 radical (unpaired) electrons. The Kier molecular flexibility index (Phi) is 7.12. The topological polar surface area (TPSA) is 57.7 Å². The molecule has 6 heteroatoms. The van der Waals surface area contributed by atoms with Crippen LogP contribution in [0, 0.1) is 0 Å². The molecule has 0 aliphatic carbocycles. The molecule has 1 aromatic heterocycles. The molecule has 2 heterocycles. The van der Waals surface area contributed by atoms with Crippen molar-refractivity contribution in [3.8, 4) is 5.75 Å². The number of hydrogen-bond acceptors (Lipinski definition) is 4. The van der Waals surface area contributed by atoms with Crippen molar-refractivity contribution in [1.29, 1.82) is 0 Å². The van der Waals surface area contributed by atoms with Gasteiger partial charge in [0.1, 0.15) is 11.6 Å². The molecule has 0 saturated carbocycles. The third-order valence-electron chi connectivity index (χ3n) is 5.08. The van der Waals surface area contributed by atoms with Crippen molar-refractivity contribution in [1.82, 2.24) is 15.2 Å². The lowest BCUT2D eigenvalue weighted by atomic mass is 10.2. The number of carbonyl (C=O) groups is 1. The SMILES string of the molecule is COc1cccc(CN(C)C(=O)NCc2ccc(N3CCCCCC3)nc2)c1. The first-order valence-corrected chi connectivity index (χ1v) is 9.97. The Morgan fingerprint density at radius 3 is 2.61 bits per heavy atom. The van der Waals surface area contributed by atoms with Crippen molar-refractivity contribution in [2.24, 2.45) is 0 Å². The molecule has 0 atom stereocenters. The number of methoxy groups -OCH3 is 1. The quantitative estimate of drug-likeness (QED) is 0.825. The number of amides is 2. The molecule has 2 aromatic rings. The van der Waals surface area contributed by atoms with Gasteiger partial charge in [-0.25, -0.2) is 9.78 Å². The highest BCUT2D eigenvalue weighted by Crippen LogP contribution is 2.17. The van der Waals surface area contributed by atoms with Crippen molar-refractivity contribution in [3.05, 3.63) is 53.7 Å². The highest BCUT2D eigenvalue weighted by atomic mass is 16.5. The number of aromatic nitrogens is 1. The lowest BCUT2D eigenvalue weighted by Crippen LogP contribution is -2.36. The van der Waals surface area contributed by atoms with Crippen LogP contribution in [0.5, 0.6) is 5.75 Å². The summed E-state index contributed by atoms with van der Waals surface area (Å²) in [4.78, 5) is 21.0. The number of ether oxygens (including phenoxy) is 1. The zero-order valence-electron chi connectivity index (χ0n) is 16.9. The monoisotopic (exact) mass is 382 g/mol. The van der Waals surface area contributed by atoms with Crippen molar-refractivity contribution >= 4 is 11.8 Å². The van der Waals surface area contributed by atoms with Gasteiger partial charge in [0.25, 0.3) is 0 Å². The second-order valence-corrected chi connectivity index (χ2v) is 7.29. The zero-order valence-corrected chi connectivity index (χ0v) is 16.9. The van der Waals surface area contributed by atoms with Gasteiger partial charge in [0.15, 0.2) is 0 Å². The third-order valence-corrected chi connectivity index (χ3v) is 5.08. The minimum atomic E-state index is -0.112. The predicted octanol–water partition coefficient (Wildman–Crippen LogP) is 3.81. The first-order valence-electron chi connectivity index (χ1n) is 9.97. The van der Waals surface area contributed by atoms with Gasteiger partial charge in [0.2, 0.25) is 0 Å². The van der Waals surface area contributed by atoms with Gasteiger partial charge >= 0.3 is 6.03 Å². The molecule has 6 nitrogen and oxygen atoms in total. The van der Waals surface area contributed by atoms with E-state index in [1.54, 1.807) is 19.1 Å². The van der Waals surface area contributed by atoms with Crippen molar-refractivity contribution in [2.75, 3.05) is 32.1 Å². The molecule has 1 fully saturated rings. The Balaban J connectivity index is 1.49. The summed E-state index contributed by atoms with van der Waals surface area (Å²) < 4.78 is 5.23. The standard InChI is InChI=1S/C22H30N4O2/c1-25(17-18-8-7-9-20(14-18)28-2)22(27)24-16-19-10-11-21(23-15-19)26-12-5-3-4-6-13-26/h7-11,14-15H,3-6,12-13,16-17H2,1-2H3,(H,24,27). The Morgan fingerprint density at radius 2 is 1.93 bits per heavy atom. The first kappa shape index (κ1) is 20.0.